The van der Waals surface area contributed by atoms with Crippen LogP contribution in [0.3, 0.4) is 0 Å². The molecule has 0 atom stereocenters. The Balaban J connectivity index is 2.46. The molecule has 0 radical (unpaired) electrons. The standard InChI is InChI=1S/C11H17F3N4O/c1-2-5-16-8-7-9(18-10(15)17-8)19-6-3-4-11(12,13)14/h7H,2-6H2,1H3,(H3,15,16,17,18). The second-order valence-corrected chi connectivity index (χ2v) is 3.94. The van der Waals surface area contributed by atoms with Gasteiger partial charge in [0.2, 0.25) is 11.8 Å². The highest BCUT2D eigenvalue weighted by molar-refractivity contribution is 5.42. The molecule has 0 amide bonds. The molecular formula is C11H17F3N4O. The molecule has 0 fully saturated rings. The predicted molar refractivity (Wildman–Crippen MR) is 66.0 cm³/mol. The minimum Gasteiger partial charge on any atom is -0.477 e. The summed E-state index contributed by atoms with van der Waals surface area (Å²) in [7, 11) is 0. The lowest BCUT2D eigenvalue weighted by Crippen LogP contribution is -2.11. The lowest BCUT2D eigenvalue weighted by Gasteiger charge is -2.09. The van der Waals surface area contributed by atoms with Crippen LogP contribution in [0.4, 0.5) is 24.9 Å². The number of hydrogen-bond acceptors (Lipinski definition) is 5. The van der Waals surface area contributed by atoms with Gasteiger partial charge in [-0.1, -0.05) is 6.92 Å². The molecule has 0 aliphatic carbocycles. The zero-order valence-corrected chi connectivity index (χ0v) is 10.6. The second kappa shape index (κ2) is 7.01. The molecule has 0 unspecified atom stereocenters. The van der Waals surface area contributed by atoms with Gasteiger partial charge in [0.25, 0.3) is 0 Å². The van der Waals surface area contributed by atoms with Crippen LogP contribution in [0.25, 0.3) is 0 Å². The normalized spacial score (nSPS) is 11.4. The van der Waals surface area contributed by atoms with Gasteiger partial charge in [-0.25, -0.2) is 0 Å². The Morgan fingerprint density at radius 3 is 2.74 bits per heavy atom. The maximum atomic E-state index is 11.9. The number of rotatable bonds is 7. The summed E-state index contributed by atoms with van der Waals surface area (Å²) in [5.41, 5.74) is 5.48. The molecule has 1 heterocycles. The van der Waals surface area contributed by atoms with Crippen molar-refractivity contribution in [2.45, 2.75) is 32.4 Å². The summed E-state index contributed by atoms with van der Waals surface area (Å²) < 4.78 is 40.9. The molecule has 0 saturated heterocycles. The maximum absolute atomic E-state index is 11.9. The van der Waals surface area contributed by atoms with Gasteiger partial charge in [0, 0.05) is 19.0 Å². The molecule has 1 rings (SSSR count). The van der Waals surface area contributed by atoms with Gasteiger partial charge in [-0.3, -0.25) is 0 Å². The number of nitrogens with one attached hydrogen (secondary N) is 1. The fourth-order valence-electron chi connectivity index (χ4n) is 1.31. The van der Waals surface area contributed by atoms with Gasteiger partial charge in [-0.05, 0) is 12.8 Å². The molecule has 19 heavy (non-hydrogen) atoms. The van der Waals surface area contributed by atoms with E-state index in [0.29, 0.717) is 12.4 Å². The van der Waals surface area contributed by atoms with Crippen LogP contribution in [0, 0.1) is 0 Å². The van der Waals surface area contributed by atoms with E-state index in [1.807, 2.05) is 6.92 Å². The SMILES string of the molecule is CCCNc1cc(OCCCC(F)(F)F)nc(N)n1. The summed E-state index contributed by atoms with van der Waals surface area (Å²) in [6, 6.07) is 1.51. The van der Waals surface area contributed by atoms with E-state index in [0.717, 1.165) is 6.42 Å². The molecule has 3 N–H and O–H groups in total. The Morgan fingerprint density at radius 1 is 1.37 bits per heavy atom. The van der Waals surface area contributed by atoms with E-state index in [1.54, 1.807) is 0 Å². The number of nitrogens with two attached hydrogens (primary N) is 1. The molecule has 0 aromatic carbocycles. The van der Waals surface area contributed by atoms with Crippen molar-refractivity contribution in [2.75, 3.05) is 24.2 Å². The summed E-state index contributed by atoms with van der Waals surface area (Å²) in [4.78, 5) is 7.73. The molecule has 0 spiro atoms. The lowest BCUT2D eigenvalue weighted by molar-refractivity contribution is -0.136. The summed E-state index contributed by atoms with van der Waals surface area (Å²) >= 11 is 0. The number of hydrogen-bond donors (Lipinski definition) is 2. The van der Waals surface area contributed by atoms with Crippen molar-refractivity contribution in [3.05, 3.63) is 6.07 Å². The first-order valence-electron chi connectivity index (χ1n) is 5.98. The quantitative estimate of drug-likeness (QED) is 0.750. The summed E-state index contributed by atoms with van der Waals surface area (Å²) in [5.74, 6) is 0.695. The van der Waals surface area contributed by atoms with Crippen LogP contribution in [0.15, 0.2) is 6.07 Å². The van der Waals surface area contributed by atoms with Gasteiger partial charge >= 0.3 is 6.18 Å². The zero-order chi connectivity index (χ0) is 14.3. The summed E-state index contributed by atoms with van der Waals surface area (Å²) in [6.07, 6.45) is -4.26. The molecule has 1 aromatic rings. The maximum Gasteiger partial charge on any atom is 0.389 e. The second-order valence-electron chi connectivity index (χ2n) is 3.94. The van der Waals surface area contributed by atoms with E-state index < -0.39 is 12.6 Å². The first kappa shape index (κ1) is 15.3. The number of ether oxygens (including phenoxy) is 1. The fourth-order valence-corrected chi connectivity index (χ4v) is 1.31. The molecule has 0 aliphatic rings. The van der Waals surface area contributed by atoms with E-state index in [2.05, 4.69) is 15.3 Å². The average molecular weight is 278 g/mol. The Kier molecular flexibility index (Phi) is 5.65. The van der Waals surface area contributed by atoms with Gasteiger partial charge < -0.3 is 15.8 Å². The highest BCUT2D eigenvalue weighted by Gasteiger charge is 2.26. The Morgan fingerprint density at radius 2 is 2.11 bits per heavy atom. The smallest absolute Gasteiger partial charge is 0.389 e. The van der Waals surface area contributed by atoms with Crippen LogP contribution < -0.4 is 15.8 Å². The Labute approximate surface area is 109 Å². The highest BCUT2D eigenvalue weighted by atomic mass is 19.4. The molecule has 1 aromatic heterocycles. The number of halogens is 3. The molecule has 8 heteroatoms. The highest BCUT2D eigenvalue weighted by Crippen LogP contribution is 2.21. The van der Waals surface area contributed by atoms with Crippen LogP contribution >= 0.6 is 0 Å². The van der Waals surface area contributed by atoms with Crippen molar-refractivity contribution in [1.29, 1.82) is 0 Å². The monoisotopic (exact) mass is 278 g/mol. The topological polar surface area (TPSA) is 73.1 Å². The number of nitrogen functional groups attached to an aromatic ring is 1. The minimum absolute atomic E-state index is 0.0203. The Bertz CT molecular complexity index is 398. The van der Waals surface area contributed by atoms with Gasteiger partial charge in [0.1, 0.15) is 5.82 Å². The van der Waals surface area contributed by atoms with Crippen LogP contribution in [-0.4, -0.2) is 29.3 Å². The minimum atomic E-state index is -4.16. The van der Waals surface area contributed by atoms with Crippen molar-refractivity contribution in [1.82, 2.24) is 9.97 Å². The molecule has 108 valence electrons. The predicted octanol–water partition coefficient (Wildman–Crippen LogP) is 2.60. The molecule has 0 aliphatic heterocycles. The van der Waals surface area contributed by atoms with Crippen molar-refractivity contribution in [3.63, 3.8) is 0 Å². The third-order valence-electron chi connectivity index (χ3n) is 2.13. The van der Waals surface area contributed by atoms with E-state index in [-0.39, 0.29) is 24.9 Å². The van der Waals surface area contributed by atoms with Crippen molar-refractivity contribution >= 4 is 11.8 Å². The van der Waals surface area contributed by atoms with Gasteiger partial charge in [-0.15, -0.1) is 0 Å². The van der Waals surface area contributed by atoms with Crippen LogP contribution in [0.1, 0.15) is 26.2 Å². The first-order valence-corrected chi connectivity index (χ1v) is 5.98. The van der Waals surface area contributed by atoms with E-state index in [9.17, 15) is 13.2 Å². The summed E-state index contributed by atoms with van der Waals surface area (Å²) in [6.45, 7) is 2.64. The number of alkyl halides is 3. The van der Waals surface area contributed by atoms with Gasteiger partial charge in [0.05, 0.1) is 6.61 Å². The van der Waals surface area contributed by atoms with Crippen molar-refractivity contribution < 1.29 is 17.9 Å². The third kappa shape index (κ3) is 6.68. The van der Waals surface area contributed by atoms with E-state index >= 15 is 0 Å². The molecule has 0 bridgehead atoms. The summed E-state index contributed by atoms with van der Waals surface area (Å²) in [5, 5.41) is 3.00. The van der Waals surface area contributed by atoms with Crippen LogP contribution in [-0.2, 0) is 0 Å². The van der Waals surface area contributed by atoms with Crippen molar-refractivity contribution in [2.24, 2.45) is 0 Å². The molecular weight excluding hydrogens is 261 g/mol. The number of aromatic nitrogens is 2. The Hall–Kier alpha value is -1.73. The molecule has 5 nitrogen and oxygen atoms in total. The van der Waals surface area contributed by atoms with E-state index in [1.165, 1.54) is 6.07 Å². The first-order chi connectivity index (χ1) is 8.90. The molecule has 0 saturated carbocycles. The van der Waals surface area contributed by atoms with Gasteiger partial charge in [-0.2, -0.15) is 23.1 Å². The lowest BCUT2D eigenvalue weighted by atomic mass is 10.3. The number of anilines is 2. The third-order valence-corrected chi connectivity index (χ3v) is 2.13. The van der Waals surface area contributed by atoms with Gasteiger partial charge in [0.15, 0.2) is 0 Å². The average Bonchev–Trinajstić information content (AvgIpc) is 2.30. The van der Waals surface area contributed by atoms with Crippen LogP contribution in [0.2, 0.25) is 0 Å². The van der Waals surface area contributed by atoms with Crippen LogP contribution in [0.5, 0.6) is 5.88 Å². The van der Waals surface area contributed by atoms with E-state index in [4.69, 9.17) is 10.5 Å². The zero-order valence-electron chi connectivity index (χ0n) is 10.6. The fraction of sp³-hybridized carbons (Fsp3) is 0.636. The number of nitrogens with zero attached hydrogens (tertiary/aromatic N) is 2. The van der Waals surface area contributed by atoms with Crippen molar-refractivity contribution in [3.8, 4) is 5.88 Å². The largest absolute Gasteiger partial charge is 0.477 e.